The molecule has 1 fully saturated rings. The smallest absolute Gasteiger partial charge is 0.326 e. The third-order valence-electron chi connectivity index (χ3n) is 5.96. The van der Waals surface area contributed by atoms with E-state index in [0.29, 0.717) is 24.1 Å². The molecule has 3 amide bonds. The molecule has 0 bridgehead atoms. The van der Waals surface area contributed by atoms with E-state index in [4.69, 9.17) is 5.73 Å². The standard InChI is InChI=1S/C23H30N6O7/c24-16(8-13-3-5-15(31)6-4-13)20(32)28-18(11-30)22(34)29-7-1-2-19(29)21(33)27-17(23(35)36)9-14-10-25-12-26-14/h3-6,10,12,16-19,30-31H,1-2,7-9,11,24H2,(H,25,26)(H,27,33)(H,28,32)(H,35,36). The van der Waals surface area contributed by atoms with E-state index in [2.05, 4.69) is 20.6 Å². The van der Waals surface area contributed by atoms with E-state index in [1.54, 1.807) is 12.1 Å². The van der Waals surface area contributed by atoms with Gasteiger partial charge in [-0.25, -0.2) is 9.78 Å². The number of amides is 3. The van der Waals surface area contributed by atoms with Crippen LogP contribution in [0.2, 0.25) is 0 Å². The Bertz CT molecular complexity index is 1060. The van der Waals surface area contributed by atoms with Crippen molar-refractivity contribution >= 4 is 23.7 Å². The SMILES string of the molecule is NC(Cc1ccc(O)cc1)C(=O)NC(CO)C(=O)N1CCCC1C(=O)NC(Cc1cnc[nH]1)C(=O)O. The van der Waals surface area contributed by atoms with Gasteiger partial charge < -0.3 is 41.6 Å². The number of benzene rings is 1. The summed E-state index contributed by atoms with van der Waals surface area (Å²) in [6, 6.07) is 1.62. The maximum absolute atomic E-state index is 13.1. The van der Waals surface area contributed by atoms with E-state index in [9.17, 15) is 34.5 Å². The minimum atomic E-state index is -1.32. The summed E-state index contributed by atoms with van der Waals surface area (Å²) in [5.74, 6) is -3.14. The molecule has 0 radical (unpaired) electrons. The highest BCUT2D eigenvalue weighted by Gasteiger charge is 2.39. The van der Waals surface area contributed by atoms with Crippen molar-refractivity contribution in [3.8, 4) is 5.75 Å². The number of carboxylic acids is 1. The number of phenolic OH excluding ortho intramolecular Hbond substituents is 1. The summed E-state index contributed by atoms with van der Waals surface area (Å²) >= 11 is 0. The molecule has 13 nitrogen and oxygen atoms in total. The fourth-order valence-electron chi connectivity index (χ4n) is 4.03. The number of carbonyl (C=O) groups is 4. The second-order valence-electron chi connectivity index (χ2n) is 8.59. The van der Waals surface area contributed by atoms with Gasteiger partial charge >= 0.3 is 5.97 Å². The van der Waals surface area contributed by atoms with Crippen LogP contribution < -0.4 is 16.4 Å². The number of hydrogen-bond acceptors (Lipinski definition) is 8. The number of carbonyl (C=O) groups excluding carboxylic acids is 3. The molecule has 2 aromatic rings. The maximum atomic E-state index is 13.1. The van der Waals surface area contributed by atoms with E-state index < -0.39 is 54.5 Å². The number of rotatable bonds is 11. The molecule has 1 aromatic carbocycles. The largest absolute Gasteiger partial charge is 0.508 e. The van der Waals surface area contributed by atoms with Gasteiger partial charge in [0.05, 0.1) is 19.0 Å². The second kappa shape index (κ2) is 12.1. The van der Waals surface area contributed by atoms with Crippen LogP contribution in [0.25, 0.3) is 0 Å². The van der Waals surface area contributed by atoms with Crippen LogP contribution in [0.15, 0.2) is 36.8 Å². The summed E-state index contributed by atoms with van der Waals surface area (Å²) in [7, 11) is 0. The fraction of sp³-hybridized carbons (Fsp3) is 0.435. The first-order valence-corrected chi connectivity index (χ1v) is 11.4. The zero-order valence-corrected chi connectivity index (χ0v) is 19.5. The number of nitrogens with one attached hydrogen (secondary N) is 3. The molecule has 13 heteroatoms. The van der Waals surface area contributed by atoms with Crippen LogP contribution in [0.3, 0.4) is 0 Å². The Labute approximate surface area is 206 Å². The average molecular weight is 503 g/mol. The third-order valence-corrected chi connectivity index (χ3v) is 5.96. The van der Waals surface area contributed by atoms with E-state index in [1.807, 2.05) is 0 Å². The Balaban J connectivity index is 1.60. The molecule has 0 saturated carbocycles. The molecule has 3 rings (SSSR count). The number of aliphatic hydroxyl groups is 1. The molecule has 2 heterocycles. The number of nitrogens with zero attached hydrogens (tertiary/aromatic N) is 2. The van der Waals surface area contributed by atoms with Crippen molar-refractivity contribution in [2.24, 2.45) is 5.73 Å². The number of likely N-dealkylation sites (tertiary alicyclic amines) is 1. The Hall–Kier alpha value is -3.97. The summed E-state index contributed by atoms with van der Waals surface area (Å²) in [5.41, 5.74) is 7.17. The van der Waals surface area contributed by atoms with Gasteiger partial charge in [0.2, 0.25) is 17.7 Å². The average Bonchev–Trinajstić information content (AvgIpc) is 3.55. The van der Waals surface area contributed by atoms with Crippen molar-refractivity contribution in [1.29, 1.82) is 0 Å². The van der Waals surface area contributed by atoms with Gasteiger partial charge in [0, 0.05) is 24.9 Å². The highest BCUT2D eigenvalue weighted by Crippen LogP contribution is 2.19. The van der Waals surface area contributed by atoms with Gasteiger partial charge in [-0.15, -0.1) is 0 Å². The van der Waals surface area contributed by atoms with Gasteiger partial charge in [-0.3, -0.25) is 14.4 Å². The van der Waals surface area contributed by atoms with Crippen molar-refractivity contribution in [1.82, 2.24) is 25.5 Å². The van der Waals surface area contributed by atoms with Gasteiger partial charge in [0.15, 0.2) is 0 Å². The number of nitrogens with two attached hydrogens (primary N) is 1. The molecule has 36 heavy (non-hydrogen) atoms. The van der Waals surface area contributed by atoms with Crippen LogP contribution in [0.4, 0.5) is 0 Å². The molecule has 1 saturated heterocycles. The molecule has 194 valence electrons. The van der Waals surface area contributed by atoms with Gasteiger partial charge in [0.1, 0.15) is 23.9 Å². The molecular weight excluding hydrogens is 472 g/mol. The molecule has 0 aliphatic carbocycles. The summed E-state index contributed by atoms with van der Waals surface area (Å²) in [4.78, 5) is 58.0. The molecule has 0 spiro atoms. The zero-order chi connectivity index (χ0) is 26.2. The lowest BCUT2D eigenvalue weighted by Gasteiger charge is -2.29. The minimum absolute atomic E-state index is 0.0179. The van der Waals surface area contributed by atoms with E-state index in [0.717, 1.165) is 0 Å². The lowest BCUT2D eigenvalue weighted by molar-refractivity contribution is -0.145. The van der Waals surface area contributed by atoms with Gasteiger partial charge in [-0.2, -0.15) is 0 Å². The van der Waals surface area contributed by atoms with Crippen LogP contribution in [0, 0.1) is 0 Å². The highest BCUT2D eigenvalue weighted by molar-refractivity contribution is 5.94. The van der Waals surface area contributed by atoms with Crippen molar-refractivity contribution in [2.75, 3.05) is 13.2 Å². The van der Waals surface area contributed by atoms with E-state index >= 15 is 0 Å². The van der Waals surface area contributed by atoms with Crippen molar-refractivity contribution < 1.29 is 34.5 Å². The summed E-state index contributed by atoms with van der Waals surface area (Å²) in [5, 5.41) is 33.5. The minimum Gasteiger partial charge on any atom is -0.508 e. The number of phenols is 1. The number of imidazole rings is 1. The molecular formula is C23H30N6O7. The molecule has 4 unspecified atom stereocenters. The Morgan fingerprint density at radius 1 is 1.14 bits per heavy atom. The number of carboxylic acid groups (broad SMARTS) is 1. The van der Waals surface area contributed by atoms with Crippen LogP contribution in [0.5, 0.6) is 5.75 Å². The zero-order valence-electron chi connectivity index (χ0n) is 19.5. The number of H-pyrrole nitrogens is 1. The van der Waals surface area contributed by atoms with Crippen molar-refractivity contribution in [3.05, 3.63) is 48.0 Å². The molecule has 1 aliphatic rings. The number of aliphatic carboxylic acids is 1. The van der Waals surface area contributed by atoms with Gasteiger partial charge in [-0.1, -0.05) is 12.1 Å². The lowest BCUT2D eigenvalue weighted by Crippen LogP contribution is -2.58. The predicted octanol–water partition coefficient (Wildman–Crippen LogP) is -1.73. The quantitative estimate of drug-likeness (QED) is 0.186. The van der Waals surface area contributed by atoms with Crippen LogP contribution in [-0.2, 0) is 32.0 Å². The Morgan fingerprint density at radius 3 is 2.47 bits per heavy atom. The number of aromatic nitrogens is 2. The topological polar surface area (TPSA) is 211 Å². The summed E-state index contributed by atoms with van der Waals surface area (Å²) in [6.07, 6.45) is 3.77. The van der Waals surface area contributed by atoms with Gasteiger partial charge in [-0.05, 0) is 37.0 Å². The van der Waals surface area contributed by atoms with Gasteiger partial charge in [0.25, 0.3) is 0 Å². The number of aliphatic hydroxyl groups excluding tert-OH is 1. The molecule has 1 aliphatic heterocycles. The van der Waals surface area contributed by atoms with Crippen molar-refractivity contribution in [3.63, 3.8) is 0 Å². The second-order valence-corrected chi connectivity index (χ2v) is 8.59. The Morgan fingerprint density at radius 2 is 1.86 bits per heavy atom. The third kappa shape index (κ3) is 6.79. The van der Waals surface area contributed by atoms with Crippen LogP contribution in [-0.4, -0.2) is 91.2 Å². The van der Waals surface area contributed by atoms with E-state index in [-0.39, 0.29) is 25.1 Å². The van der Waals surface area contributed by atoms with Crippen LogP contribution in [0.1, 0.15) is 24.1 Å². The molecule has 8 N–H and O–H groups in total. The monoisotopic (exact) mass is 502 g/mol. The number of hydrogen-bond donors (Lipinski definition) is 7. The molecule has 1 aromatic heterocycles. The first kappa shape index (κ1) is 26.6. The van der Waals surface area contributed by atoms with E-state index in [1.165, 1.54) is 29.6 Å². The first-order valence-electron chi connectivity index (χ1n) is 11.4. The lowest BCUT2D eigenvalue weighted by atomic mass is 10.1. The summed E-state index contributed by atoms with van der Waals surface area (Å²) < 4.78 is 0. The normalized spacial score (nSPS) is 17.7. The number of aromatic hydroxyl groups is 1. The number of aromatic amines is 1. The fourth-order valence-corrected chi connectivity index (χ4v) is 4.03. The molecule has 4 atom stereocenters. The van der Waals surface area contributed by atoms with Crippen LogP contribution >= 0.6 is 0 Å². The summed E-state index contributed by atoms with van der Waals surface area (Å²) in [6.45, 7) is -0.500. The van der Waals surface area contributed by atoms with Crippen molar-refractivity contribution in [2.45, 2.75) is 49.9 Å². The maximum Gasteiger partial charge on any atom is 0.326 e. The Kier molecular flexibility index (Phi) is 8.97. The predicted molar refractivity (Wildman–Crippen MR) is 125 cm³/mol. The highest BCUT2D eigenvalue weighted by atomic mass is 16.4. The first-order chi connectivity index (χ1) is 17.2.